The molecule has 0 bridgehead atoms. The van der Waals surface area contributed by atoms with Crippen LogP contribution < -0.4 is 24.7 Å². The Hall–Kier alpha value is -3.26. The van der Waals surface area contributed by atoms with Crippen molar-refractivity contribution in [3.63, 3.8) is 0 Å². The van der Waals surface area contributed by atoms with Crippen molar-refractivity contribution in [1.29, 1.82) is 0 Å². The van der Waals surface area contributed by atoms with Gasteiger partial charge in [-0.2, -0.15) is 0 Å². The molecule has 2 aromatic carbocycles. The van der Waals surface area contributed by atoms with E-state index in [-0.39, 0.29) is 5.75 Å². The summed E-state index contributed by atoms with van der Waals surface area (Å²) in [5, 5.41) is 0.586. The van der Waals surface area contributed by atoms with Crippen molar-refractivity contribution in [1.82, 2.24) is 4.98 Å². The van der Waals surface area contributed by atoms with Crippen molar-refractivity contribution in [2.75, 3.05) is 39.3 Å². The van der Waals surface area contributed by atoms with E-state index in [2.05, 4.69) is 4.98 Å². The highest BCUT2D eigenvalue weighted by Crippen LogP contribution is 2.48. The highest BCUT2D eigenvalue weighted by molar-refractivity contribution is 5.95. The lowest BCUT2D eigenvalue weighted by molar-refractivity contribution is 0.154. The van der Waals surface area contributed by atoms with Crippen LogP contribution in [0.5, 0.6) is 28.7 Å². The monoisotopic (exact) mass is 400 g/mol. The summed E-state index contributed by atoms with van der Waals surface area (Å²) < 4.78 is 42.7. The van der Waals surface area contributed by atoms with Gasteiger partial charge in [-0.15, -0.1) is 0 Å². The van der Waals surface area contributed by atoms with Gasteiger partial charge in [-0.1, -0.05) is 0 Å². The largest absolute Gasteiger partial charge is 0.489 e. The fraction of sp³-hybridized carbons (Fsp3) is 0.286. The number of fused-ring (bicyclic) bond motifs is 3. The third-order valence-corrected chi connectivity index (χ3v) is 4.37. The lowest BCUT2D eigenvalue weighted by Gasteiger charge is -2.23. The molecule has 0 unspecified atom stereocenters. The zero-order valence-electron chi connectivity index (χ0n) is 15.9. The Morgan fingerprint density at radius 2 is 1.86 bits per heavy atom. The van der Waals surface area contributed by atoms with E-state index in [0.29, 0.717) is 66.0 Å². The molecule has 0 amide bonds. The summed E-state index contributed by atoms with van der Waals surface area (Å²) in [6.45, 7) is 1.83. The second-order valence-corrected chi connectivity index (χ2v) is 6.42. The molecule has 0 saturated carbocycles. The summed E-state index contributed by atoms with van der Waals surface area (Å²) >= 11 is 0. The second-order valence-electron chi connectivity index (χ2n) is 6.42. The first-order valence-corrected chi connectivity index (χ1v) is 9.23. The Bertz CT molecular complexity index is 1030. The first-order chi connectivity index (χ1) is 14.2. The van der Waals surface area contributed by atoms with E-state index in [1.54, 1.807) is 31.5 Å². The topological polar surface area (TPSA) is 85.1 Å². The molecule has 4 rings (SSSR count). The average Bonchev–Trinajstić information content (AvgIpc) is 2.73. The molecule has 0 fully saturated rings. The first-order valence-electron chi connectivity index (χ1n) is 9.23. The minimum absolute atomic E-state index is 0.0528. The summed E-state index contributed by atoms with van der Waals surface area (Å²) in [6, 6.07) is 7.67. The van der Waals surface area contributed by atoms with E-state index in [1.165, 1.54) is 12.1 Å². The van der Waals surface area contributed by atoms with E-state index >= 15 is 0 Å². The maximum Gasteiger partial charge on any atom is 0.204 e. The molecule has 3 aromatic rings. The Labute approximate surface area is 167 Å². The van der Waals surface area contributed by atoms with E-state index in [4.69, 9.17) is 29.4 Å². The van der Waals surface area contributed by atoms with Gasteiger partial charge in [0, 0.05) is 44.2 Å². The van der Waals surface area contributed by atoms with Crippen LogP contribution in [0.2, 0.25) is 0 Å². The lowest BCUT2D eigenvalue weighted by atomic mass is 10.1. The van der Waals surface area contributed by atoms with Gasteiger partial charge in [0.15, 0.2) is 23.1 Å². The van der Waals surface area contributed by atoms with Gasteiger partial charge in [-0.05, 0) is 18.2 Å². The van der Waals surface area contributed by atoms with Crippen LogP contribution in [0, 0.1) is 5.82 Å². The van der Waals surface area contributed by atoms with Gasteiger partial charge < -0.3 is 29.4 Å². The van der Waals surface area contributed by atoms with Crippen LogP contribution in [-0.2, 0) is 4.74 Å². The van der Waals surface area contributed by atoms with Crippen molar-refractivity contribution >= 4 is 16.6 Å². The van der Waals surface area contributed by atoms with Gasteiger partial charge in [0.05, 0.1) is 17.5 Å². The number of nitrogens with zero attached hydrogens (tertiary/aromatic N) is 1. The number of rotatable bonds is 7. The van der Waals surface area contributed by atoms with Crippen LogP contribution in [0.15, 0.2) is 36.5 Å². The third-order valence-electron chi connectivity index (χ3n) is 4.37. The molecular weight excluding hydrogens is 379 g/mol. The number of ether oxygens (including phenoxy) is 5. The number of nitrogen functional groups attached to an aromatic ring is 1. The van der Waals surface area contributed by atoms with Crippen LogP contribution in [0.4, 0.5) is 10.1 Å². The number of hydrogen-bond acceptors (Lipinski definition) is 7. The summed E-state index contributed by atoms with van der Waals surface area (Å²) in [4.78, 5) is 4.40. The van der Waals surface area contributed by atoms with Crippen LogP contribution in [0.1, 0.15) is 6.42 Å². The van der Waals surface area contributed by atoms with Crippen molar-refractivity contribution in [3.8, 4) is 28.7 Å². The fourth-order valence-electron chi connectivity index (χ4n) is 3.07. The Kier molecular flexibility index (Phi) is 5.53. The van der Waals surface area contributed by atoms with E-state index in [9.17, 15) is 4.39 Å². The average molecular weight is 400 g/mol. The maximum atomic E-state index is 14.2. The van der Waals surface area contributed by atoms with Crippen molar-refractivity contribution in [2.24, 2.45) is 0 Å². The lowest BCUT2D eigenvalue weighted by Crippen LogP contribution is -2.17. The van der Waals surface area contributed by atoms with E-state index in [0.717, 1.165) is 6.42 Å². The second kappa shape index (κ2) is 8.40. The summed E-state index contributed by atoms with van der Waals surface area (Å²) in [5.74, 6) is 1.38. The van der Waals surface area contributed by atoms with Crippen LogP contribution in [0.3, 0.4) is 0 Å². The number of halogens is 1. The summed E-state index contributed by atoms with van der Waals surface area (Å²) in [7, 11) is 1.64. The number of benzene rings is 2. The third kappa shape index (κ3) is 3.97. The van der Waals surface area contributed by atoms with E-state index in [1.807, 2.05) is 0 Å². The standard InChI is InChI=1S/C21H21FN2O5/c1-25-7-2-8-26-18-12-15-19(21-20(18)27-9-10-28-21)17(5-6-24-15)29-16-4-3-13(23)11-14(16)22/h3-6,11-12H,2,7-10,23H2,1H3. The van der Waals surface area contributed by atoms with Gasteiger partial charge >= 0.3 is 0 Å². The van der Waals surface area contributed by atoms with Crippen LogP contribution >= 0.6 is 0 Å². The molecule has 0 saturated heterocycles. The van der Waals surface area contributed by atoms with E-state index < -0.39 is 5.82 Å². The normalized spacial score (nSPS) is 12.8. The molecule has 0 radical (unpaired) electrons. The molecule has 0 atom stereocenters. The predicted octanol–water partition coefficient (Wildman–Crippen LogP) is 3.93. The Morgan fingerprint density at radius 1 is 1.03 bits per heavy atom. The van der Waals surface area contributed by atoms with Gasteiger partial charge in [0.1, 0.15) is 19.0 Å². The highest BCUT2D eigenvalue weighted by atomic mass is 19.1. The zero-order valence-corrected chi connectivity index (χ0v) is 15.9. The summed E-state index contributed by atoms with van der Waals surface area (Å²) in [5.41, 5.74) is 6.52. The quantitative estimate of drug-likeness (QED) is 0.475. The highest BCUT2D eigenvalue weighted by Gasteiger charge is 2.25. The van der Waals surface area contributed by atoms with Crippen molar-refractivity contribution in [3.05, 3.63) is 42.3 Å². The van der Waals surface area contributed by atoms with Crippen molar-refractivity contribution in [2.45, 2.75) is 6.42 Å². The Morgan fingerprint density at radius 3 is 2.66 bits per heavy atom. The number of pyridine rings is 1. The number of methoxy groups -OCH3 is 1. The number of hydrogen-bond donors (Lipinski definition) is 1. The fourth-order valence-corrected chi connectivity index (χ4v) is 3.07. The first kappa shape index (κ1) is 19.1. The van der Waals surface area contributed by atoms with Crippen molar-refractivity contribution < 1.29 is 28.1 Å². The molecule has 1 aliphatic heterocycles. The zero-order chi connectivity index (χ0) is 20.2. The molecule has 0 spiro atoms. The number of aromatic nitrogens is 1. The van der Waals surface area contributed by atoms with Gasteiger partial charge in [-0.25, -0.2) is 4.39 Å². The minimum atomic E-state index is -0.556. The van der Waals surface area contributed by atoms with Crippen LogP contribution in [-0.4, -0.2) is 38.5 Å². The smallest absolute Gasteiger partial charge is 0.204 e. The van der Waals surface area contributed by atoms with Gasteiger partial charge in [-0.3, -0.25) is 4.98 Å². The Balaban J connectivity index is 1.75. The molecule has 152 valence electrons. The van der Waals surface area contributed by atoms with Gasteiger partial charge in [0.2, 0.25) is 5.75 Å². The number of nitrogens with two attached hydrogens (primary N) is 1. The molecule has 1 aromatic heterocycles. The molecule has 2 heterocycles. The SMILES string of the molecule is COCCCOc1cc2nccc(Oc3ccc(N)cc3F)c2c2c1OCCO2. The predicted molar refractivity (Wildman–Crippen MR) is 106 cm³/mol. The molecule has 29 heavy (non-hydrogen) atoms. The van der Waals surface area contributed by atoms with Gasteiger partial charge in [0.25, 0.3) is 0 Å². The summed E-state index contributed by atoms with van der Waals surface area (Å²) in [6.07, 6.45) is 2.31. The number of anilines is 1. The molecule has 7 nitrogen and oxygen atoms in total. The minimum Gasteiger partial charge on any atom is -0.489 e. The molecule has 1 aliphatic rings. The molecular formula is C21H21FN2O5. The maximum absolute atomic E-state index is 14.2. The molecule has 8 heteroatoms. The van der Waals surface area contributed by atoms with Crippen LogP contribution in [0.25, 0.3) is 10.9 Å². The molecule has 0 aliphatic carbocycles. The molecule has 2 N–H and O–H groups in total.